The molecule has 124 valence electrons. The standard InChI is InChI=1S/C21H19N3O/c1-2-3-12-25-20-14-23-21(24-15-20)19-10-8-18(9-11-19)17-6-4-16(13-22)5-7-17/h4-11,14-15H,2-3,12H2,1H3. The van der Waals surface area contributed by atoms with Crippen molar-refractivity contribution in [2.75, 3.05) is 6.61 Å². The molecule has 0 saturated carbocycles. The fourth-order valence-electron chi connectivity index (χ4n) is 2.42. The van der Waals surface area contributed by atoms with E-state index in [4.69, 9.17) is 10.00 Å². The number of aromatic nitrogens is 2. The number of hydrogen-bond acceptors (Lipinski definition) is 4. The molecular formula is C21H19N3O. The van der Waals surface area contributed by atoms with E-state index in [2.05, 4.69) is 23.0 Å². The normalized spacial score (nSPS) is 10.2. The minimum atomic E-state index is 0.662. The molecule has 4 heteroatoms. The van der Waals surface area contributed by atoms with Crippen LogP contribution in [-0.2, 0) is 0 Å². The smallest absolute Gasteiger partial charge is 0.159 e. The minimum Gasteiger partial charge on any atom is -0.490 e. The molecule has 1 heterocycles. The summed E-state index contributed by atoms with van der Waals surface area (Å²) in [7, 11) is 0. The lowest BCUT2D eigenvalue weighted by Gasteiger charge is -2.06. The second-order valence-corrected chi connectivity index (χ2v) is 5.71. The van der Waals surface area contributed by atoms with Crippen LogP contribution < -0.4 is 4.74 Å². The van der Waals surface area contributed by atoms with Gasteiger partial charge >= 0.3 is 0 Å². The molecule has 0 amide bonds. The Kier molecular flexibility index (Phi) is 5.38. The van der Waals surface area contributed by atoms with E-state index in [1.165, 1.54) is 0 Å². The van der Waals surface area contributed by atoms with Crippen molar-refractivity contribution in [1.29, 1.82) is 5.26 Å². The van der Waals surface area contributed by atoms with Crippen molar-refractivity contribution in [2.45, 2.75) is 19.8 Å². The molecule has 1 aromatic heterocycles. The average Bonchev–Trinajstić information content (AvgIpc) is 2.69. The number of hydrogen-bond donors (Lipinski definition) is 0. The summed E-state index contributed by atoms with van der Waals surface area (Å²) in [5.41, 5.74) is 3.78. The molecule has 0 unspecified atom stereocenters. The van der Waals surface area contributed by atoms with Gasteiger partial charge in [0, 0.05) is 5.56 Å². The summed E-state index contributed by atoms with van der Waals surface area (Å²) in [5.74, 6) is 1.38. The Balaban J connectivity index is 1.72. The molecule has 3 aromatic rings. The van der Waals surface area contributed by atoms with Crippen LogP contribution in [0.25, 0.3) is 22.5 Å². The van der Waals surface area contributed by atoms with Crippen molar-refractivity contribution in [1.82, 2.24) is 9.97 Å². The molecule has 4 nitrogen and oxygen atoms in total. The number of unbranched alkanes of at least 4 members (excludes halogenated alkanes) is 1. The van der Waals surface area contributed by atoms with Crippen molar-refractivity contribution in [3.05, 3.63) is 66.5 Å². The molecule has 0 N–H and O–H groups in total. The van der Waals surface area contributed by atoms with Gasteiger partial charge in [0.2, 0.25) is 0 Å². The van der Waals surface area contributed by atoms with Crippen molar-refractivity contribution in [3.63, 3.8) is 0 Å². The monoisotopic (exact) mass is 329 g/mol. The topological polar surface area (TPSA) is 58.8 Å². The molecule has 0 bridgehead atoms. The first-order valence-corrected chi connectivity index (χ1v) is 8.36. The van der Waals surface area contributed by atoms with Crippen LogP contribution in [0, 0.1) is 11.3 Å². The fourth-order valence-corrected chi connectivity index (χ4v) is 2.42. The maximum Gasteiger partial charge on any atom is 0.159 e. The number of nitrogens with zero attached hydrogens (tertiary/aromatic N) is 3. The summed E-state index contributed by atoms with van der Waals surface area (Å²) >= 11 is 0. The first-order valence-electron chi connectivity index (χ1n) is 8.36. The molecular weight excluding hydrogens is 310 g/mol. The average molecular weight is 329 g/mol. The summed E-state index contributed by atoms with van der Waals surface area (Å²) in [5, 5.41) is 8.87. The van der Waals surface area contributed by atoms with Crippen molar-refractivity contribution in [2.24, 2.45) is 0 Å². The molecule has 0 radical (unpaired) electrons. The second-order valence-electron chi connectivity index (χ2n) is 5.71. The molecule has 25 heavy (non-hydrogen) atoms. The highest BCUT2D eigenvalue weighted by Crippen LogP contribution is 2.23. The quantitative estimate of drug-likeness (QED) is 0.606. The van der Waals surface area contributed by atoms with E-state index in [0.29, 0.717) is 23.7 Å². The van der Waals surface area contributed by atoms with Gasteiger partial charge in [-0.15, -0.1) is 0 Å². The summed E-state index contributed by atoms with van der Waals surface area (Å²) in [6, 6.07) is 17.7. The van der Waals surface area contributed by atoms with E-state index in [1.807, 2.05) is 48.5 Å². The molecule has 0 atom stereocenters. The van der Waals surface area contributed by atoms with Gasteiger partial charge in [-0.05, 0) is 29.7 Å². The SMILES string of the molecule is CCCCOc1cnc(-c2ccc(-c3ccc(C#N)cc3)cc2)nc1. The first kappa shape index (κ1) is 16.7. The third kappa shape index (κ3) is 4.21. The largest absolute Gasteiger partial charge is 0.490 e. The van der Waals surface area contributed by atoms with Gasteiger partial charge in [0.1, 0.15) is 0 Å². The van der Waals surface area contributed by atoms with E-state index in [1.54, 1.807) is 12.4 Å². The van der Waals surface area contributed by atoms with E-state index in [0.717, 1.165) is 29.5 Å². The van der Waals surface area contributed by atoms with Crippen LogP contribution in [-0.4, -0.2) is 16.6 Å². The van der Waals surface area contributed by atoms with Crippen LogP contribution in [0.15, 0.2) is 60.9 Å². The predicted molar refractivity (Wildman–Crippen MR) is 98.0 cm³/mol. The van der Waals surface area contributed by atoms with Gasteiger partial charge in [0.15, 0.2) is 11.6 Å². The lowest BCUT2D eigenvalue weighted by Crippen LogP contribution is -1.98. The van der Waals surface area contributed by atoms with Gasteiger partial charge in [-0.25, -0.2) is 9.97 Å². The molecule has 0 fully saturated rings. The molecule has 0 aliphatic rings. The molecule has 0 spiro atoms. The maximum absolute atomic E-state index is 8.87. The van der Waals surface area contributed by atoms with E-state index in [9.17, 15) is 0 Å². The highest BCUT2D eigenvalue weighted by atomic mass is 16.5. The van der Waals surface area contributed by atoms with E-state index in [-0.39, 0.29) is 0 Å². The second kappa shape index (κ2) is 8.07. The zero-order valence-electron chi connectivity index (χ0n) is 14.1. The third-order valence-electron chi connectivity index (χ3n) is 3.89. The van der Waals surface area contributed by atoms with Crippen molar-refractivity contribution < 1.29 is 4.74 Å². The summed E-state index contributed by atoms with van der Waals surface area (Å²) in [4.78, 5) is 8.76. The molecule has 0 saturated heterocycles. The number of benzene rings is 2. The van der Waals surface area contributed by atoms with Crippen molar-refractivity contribution in [3.8, 4) is 34.3 Å². The van der Waals surface area contributed by atoms with Crippen LogP contribution in [0.1, 0.15) is 25.3 Å². The van der Waals surface area contributed by atoms with Crippen molar-refractivity contribution >= 4 is 0 Å². The zero-order chi connectivity index (χ0) is 17.5. The molecule has 0 aliphatic heterocycles. The number of nitriles is 1. The zero-order valence-corrected chi connectivity index (χ0v) is 14.1. The van der Waals surface area contributed by atoms with Gasteiger partial charge in [-0.3, -0.25) is 0 Å². The minimum absolute atomic E-state index is 0.662. The Labute approximate surface area is 147 Å². The Bertz CT molecular complexity index is 848. The van der Waals surface area contributed by atoms with Gasteiger partial charge in [-0.1, -0.05) is 49.7 Å². The van der Waals surface area contributed by atoms with E-state index < -0.39 is 0 Å². The molecule has 2 aromatic carbocycles. The van der Waals surface area contributed by atoms with Crippen LogP contribution in [0.3, 0.4) is 0 Å². The summed E-state index contributed by atoms with van der Waals surface area (Å²) in [6.07, 6.45) is 5.56. The number of ether oxygens (including phenoxy) is 1. The third-order valence-corrected chi connectivity index (χ3v) is 3.89. The Morgan fingerprint density at radius 3 is 2.00 bits per heavy atom. The Morgan fingerprint density at radius 1 is 0.880 bits per heavy atom. The first-order chi connectivity index (χ1) is 12.3. The lowest BCUT2D eigenvalue weighted by molar-refractivity contribution is 0.307. The molecule has 0 aliphatic carbocycles. The van der Waals surface area contributed by atoms with Crippen LogP contribution in [0.2, 0.25) is 0 Å². The predicted octanol–water partition coefficient (Wildman–Crippen LogP) is 4.86. The summed E-state index contributed by atoms with van der Waals surface area (Å²) in [6.45, 7) is 2.82. The fraction of sp³-hybridized carbons (Fsp3) is 0.190. The van der Waals surface area contributed by atoms with E-state index >= 15 is 0 Å². The van der Waals surface area contributed by atoms with Gasteiger partial charge < -0.3 is 4.74 Å². The van der Waals surface area contributed by atoms with Gasteiger partial charge in [0.25, 0.3) is 0 Å². The highest BCUT2D eigenvalue weighted by molar-refractivity contribution is 5.68. The number of rotatable bonds is 6. The Hall–Kier alpha value is -3.19. The van der Waals surface area contributed by atoms with Gasteiger partial charge in [-0.2, -0.15) is 5.26 Å². The Morgan fingerprint density at radius 2 is 1.44 bits per heavy atom. The van der Waals surface area contributed by atoms with Crippen LogP contribution >= 0.6 is 0 Å². The molecule has 3 rings (SSSR count). The summed E-state index contributed by atoms with van der Waals surface area (Å²) < 4.78 is 5.59. The highest BCUT2D eigenvalue weighted by Gasteiger charge is 2.04. The maximum atomic E-state index is 8.87. The van der Waals surface area contributed by atoms with Crippen LogP contribution in [0.4, 0.5) is 0 Å². The lowest BCUT2D eigenvalue weighted by atomic mass is 10.0. The van der Waals surface area contributed by atoms with Gasteiger partial charge in [0.05, 0.1) is 30.6 Å². The van der Waals surface area contributed by atoms with Crippen LogP contribution in [0.5, 0.6) is 5.75 Å².